The van der Waals surface area contributed by atoms with Crippen LogP contribution < -0.4 is 10.6 Å². The van der Waals surface area contributed by atoms with Crippen molar-refractivity contribution in [3.8, 4) is 0 Å². The number of rotatable bonds is 5. The van der Waals surface area contributed by atoms with Gasteiger partial charge in [-0.25, -0.2) is 21.6 Å². The molecule has 2 N–H and O–H groups in total. The highest BCUT2D eigenvalue weighted by Gasteiger charge is 2.51. The normalized spacial score (nSPS) is 32.6. The Labute approximate surface area is 196 Å². The van der Waals surface area contributed by atoms with Gasteiger partial charge in [0.1, 0.15) is 0 Å². The number of nitrogens with one attached hydrogen (secondary N) is 2. The third-order valence-electron chi connectivity index (χ3n) is 8.10. The fraction of sp³-hybridized carbons (Fsp3) is 0.696. The van der Waals surface area contributed by atoms with Crippen molar-refractivity contribution in [1.29, 1.82) is 0 Å². The molecule has 182 valence electrons. The summed E-state index contributed by atoms with van der Waals surface area (Å²) in [5, 5.41) is 6.42. The summed E-state index contributed by atoms with van der Waals surface area (Å²) in [4.78, 5) is 13.0. The number of piperidine rings is 1. The van der Waals surface area contributed by atoms with Crippen LogP contribution in [0, 0.1) is 17.8 Å². The van der Waals surface area contributed by atoms with E-state index in [4.69, 9.17) is 0 Å². The van der Waals surface area contributed by atoms with Gasteiger partial charge in [-0.1, -0.05) is 0 Å². The van der Waals surface area contributed by atoms with Crippen LogP contribution in [0.15, 0.2) is 34.1 Å². The highest BCUT2D eigenvalue weighted by atomic mass is 32.2. The minimum Gasteiger partial charge on any atom is -0.335 e. The Bertz CT molecular complexity index is 1090. The second-order valence-corrected chi connectivity index (χ2v) is 14.7. The van der Waals surface area contributed by atoms with Crippen LogP contribution in [0.4, 0.5) is 4.79 Å². The van der Waals surface area contributed by atoms with Gasteiger partial charge in [-0.15, -0.1) is 0 Å². The molecule has 2 amide bonds. The van der Waals surface area contributed by atoms with Crippen LogP contribution in [-0.4, -0.2) is 58.1 Å². The molecule has 0 atom stereocenters. The first-order valence-corrected chi connectivity index (χ1v) is 15.2. The Morgan fingerprint density at radius 3 is 1.85 bits per heavy atom. The molecule has 6 rings (SSSR count). The second kappa shape index (κ2) is 8.23. The SMILES string of the molecule is CS(=O)(=O)c1ccc(S(=O)(=O)N2CCC(NC(=O)NC34CC5CC(CC(C5)C3)C4)CC2)cc1. The summed E-state index contributed by atoms with van der Waals surface area (Å²) in [7, 11) is -7.08. The summed E-state index contributed by atoms with van der Waals surface area (Å²) >= 11 is 0. The van der Waals surface area contributed by atoms with E-state index >= 15 is 0 Å². The molecule has 0 aromatic heterocycles. The standard InChI is InChI=1S/C23H33N3O5S2/c1-32(28,29)20-2-4-21(5-3-20)33(30,31)26-8-6-19(7-9-26)24-22(27)25-23-13-16-10-17(14-23)12-18(11-16)15-23/h2-5,16-19H,6-15H2,1H3,(H2,24,25,27). The van der Waals surface area contributed by atoms with Crippen molar-refractivity contribution in [2.45, 2.75) is 72.7 Å². The van der Waals surface area contributed by atoms with Crippen LogP contribution in [0.3, 0.4) is 0 Å². The minimum absolute atomic E-state index is 0.0407. The lowest BCUT2D eigenvalue weighted by atomic mass is 9.53. The highest BCUT2D eigenvalue weighted by molar-refractivity contribution is 7.90. The zero-order chi connectivity index (χ0) is 23.4. The molecule has 1 aromatic rings. The topological polar surface area (TPSA) is 113 Å². The van der Waals surface area contributed by atoms with E-state index < -0.39 is 19.9 Å². The number of amides is 2. The Balaban J connectivity index is 1.15. The van der Waals surface area contributed by atoms with E-state index in [-0.39, 0.29) is 27.4 Å². The van der Waals surface area contributed by atoms with Gasteiger partial charge in [-0.3, -0.25) is 0 Å². The van der Waals surface area contributed by atoms with Crippen LogP contribution in [0.1, 0.15) is 51.4 Å². The number of carbonyl (C=O) groups is 1. The summed E-state index contributed by atoms with van der Waals surface area (Å²) in [5.41, 5.74) is -0.0407. The fourth-order valence-electron chi connectivity index (χ4n) is 6.97. The number of benzene rings is 1. The maximum absolute atomic E-state index is 13.0. The Morgan fingerprint density at radius 1 is 0.879 bits per heavy atom. The number of sulfonamides is 1. The van der Waals surface area contributed by atoms with Crippen molar-refractivity contribution in [2.24, 2.45) is 17.8 Å². The van der Waals surface area contributed by atoms with E-state index in [9.17, 15) is 21.6 Å². The Morgan fingerprint density at radius 2 is 1.36 bits per heavy atom. The van der Waals surface area contributed by atoms with Crippen molar-refractivity contribution < 1.29 is 21.6 Å². The van der Waals surface area contributed by atoms with Crippen molar-refractivity contribution >= 4 is 25.9 Å². The zero-order valence-corrected chi connectivity index (χ0v) is 20.6. The predicted octanol–water partition coefficient (Wildman–Crippen LogP) is 2.51. The number of urea groups is 1. The molecule has 8 nitrogen and oxygen atoms in total. The number of nitrogens with zero attached hydrogens (tertiary/aromatic N) is 1. The molecule has 4 bridgehead atoms. The molecule has 0 unspecified atom stereocenters. The molecule has 1 heterocycles. The summed E-state index contributed by atoms with van der Waals surface area (Å²) < 4.78 is 50.6. The lowest BCUT2D eigenvalue weighted by molar-refractivity contribution is -0.0137. The Kier molecular flexibility index (Phi) is 5.77. The maximum Gasteiger partial charge on any atom is 0.315 e. The molecule has 1 aromatic carbocycles. The first kappa shape index (κ1) is 23.1. The lowest BCUT2D eigenvalue weighted by Gasteiger charge is -2.56. The number of hydrogen-bond donors (Lipinski definition) is 2. The summed E-state index contributed by atoms with van der Waals surface area (Å²) in [6.45, 7) is 0.636. The van der Waals surface area contributed by atoms with Crippen molar-refractivity contribution in [3.63, 3.8) is 0 Å². The van der Waals surface area contributed by atoms with E-state index in [0.717, 1.165) is 43.3 Å². The molecule has 10 heteroatoms. The maximum atomic E-state index is 13.0. The monoisotopic (exact) mass is 495 g/mol. The molecule has 0 radical (unpaired) electrons. The average Bonchev–Trinajstić information content (AvgIpc) is 2.72. The predicted molar refractivity (Wildman–Crippen MR) is 124 cm³/mol. The second-order valence-electron chi connectivity index (χ2n) is 10.7. The largest absolute Gasteiger partial charge is 0.335 e. The molecule has 1 saturated heterocycles. The highest BCUT2D eigenvalue weighted by Crippen LogP contribution is 2.55. The van der Waals surface area contributed by atoms with E-state index in [1.54, 1.807) is 0 Å². The van der Waals surface area contributed by atoms with E-state index in [1.807, 2.05) is 0 Å². The molecule has 5 aliphatic rings. The lowest BCUT2D eigenvalue weighted by Crippen LogP contribution is -2.62. The minimum atomic E-state index is -3.70. The van der Waals surface area contributed by atoms with Crippen LogP contribution >= 0.6 is 0 Å². The van der Waals surface area contributed by atoms with Crippen molar-refractivity contribution in [1.82, 2.24) is 14.9 Å². The first-order chi connectivity index (χ1) is 15.5. The van der Waals surface area contributed by atoms with Gasteiger partial charge < -0.3 is 10.6 Å². The third kappa shape index (κ3) is 4.66. The molecule has 4 aliphatic carbocycles. The van der Waals surface area contributed by atoms with Gasteiger partial charge in [0.05, 0.1) is 9.79 Å². The molecule has 0 spiro atoms. The van der Waals surface area contributed by atoms with E-state index in [0.29, 0.717) is 25.9 Å². The van der Waals surface area contributed by atoms with Crippen LogP contribution in [-0.2, 0) is 19.9 Å². The molecular weight excluding hydrogens is 462 g/mol. The van der Waals surface area contributed by atoms with Crippen molar-refractivity contribution in [3.05, 3.63) is 24.3 Å². The summed E-state index contributed by atoms with van der Waals surface area (Å²) in [5.74, 6) is 2.28. The Hall–Kier alpha value is -1.65. The van der Waals surface area contributed by atoms with Gasteiger partial charge >= 0.3 is 6.03 Å². The van der Waals surface area contributed by atoms with Crippen molar-refractivity contribution in [2.75, 3.05) is 19.3 Å². The number of carbonyl (C=O) groups excluding carboxylic acids is 1. The van der Waals surface area contributed by atoms with Crippen LogP contribution in [0.5, 0.6) is 0 Å². The molecule has 1 aliphatic heterocycles. The fourth-order valence-corrected chi connectivity index (χ4v) is 9.07. The third-order valence-corrected chi connectivity index (χ3v) is 11.1. The summed E-state index contributed by atoms with van der Waals surface area (Å²) in [6, 6.07) is 5.16. The van der Waals surface area contributed by atoms with E-state index in [1.165, 1.54) is 47.8 Å². The molecular formula is C23H33N3O5S2. The van der Waals surface area contributed by atoms with E-state index in [2.05, 4.69) is 10.6 Å². The van der Waals surface area contributed by atoms with Gasteiger partial charge in [0.15, 0.2) is 9.84 Å². The van der Waals surface area contributed by atoms with Gasteiger partial charge in [0.2, 0.25) is 10.0 Å². The average molecular weight is 496 g/mol. The smallest absolute Gasteiger partial charge is 0.315 e. The van der Waals surface area contributed by atoms with Crippen LogP contribution in [0.2, 0.25) is 0 Å². The molecule has 5 fully saturated rings. The first-order valence-electron chi connectivity index (χ1n) is 11.9. The summed E-state index contributed by atoms with van der Waals surface area (Å²) in [6.07, 6.45) is 9.46. The quantitative estimate of drug-likeness (QED) is 0.652. The van der Waals surface area contributed by atoms with Crippen LogP contribution in [0.25, 0.3) is 0 Å². The van der Waals surface area contributed by atoms with Gasteiger partial charge in [0, 0.05) is 30.9 Å². The number of hydrogen-bond acceptors (Lipinski definition) is 5. The molecule has 4 saturated carbocycles. The number of sulfone groups is 1. The van der Waals surface area contributed by atoms with Gasteiger partial charge in [-0.2, -0.15) is 4.31 Å². The molecule has 33 heavy (non-hydrogen) atoms. The van der Waals surface area contributed by atoms with Gasteiger partial charge in [-0.05, 0) is 93.4 Å². The van der Waals surface area contributed by atoms with Gasteiger partial charge in [0.25, 0.3) is 0 Å². The zero-order valence-electron chi connectivity index (χ0n) is 19.0.